The first-order valence-corrected chi connectivity index (χ1v) is 8.60. The Bertz CT molecular complexity index is 570. The van der Waals surface area contributed by atoms with Gasteiger partial charge in [-0.25, -0.2) is 0 Å². The van der Waals surface area contributed by atoms with Crippen molar-refractivity contribution in [3.8, 4) is 0 Å². The molecule has 1 aromatic heterocycles. The maximum absolute atomic E-state index is 12.8. The number of piperazine rings is 1. The van der Waals surface area contributed by atoms with E-state index in [1.807, 2.05) is 26.0 Å². The number of amides is 2. The van der Waals surface area contributed by atoms with Crippen LogP contribution in [0.5, 0.6) is 0 Å². The van der Waals surface area contributed by atoms with Gasteiger partial charge in [0.15, 0.2) is 0 Å². The summed E-state index contributed by atoms with van der Waals surface area (Å²) in [6, 6.07) is 2.94. The summed E-state index contributed by atoms with van der Waals surface area (Å²) in [5.74, 6) is 0.352. The first-order valence-electron chi connectivity index (χ1n) is 7.40. The summed E-state index contributed by atoms with van der Waals surface area (Å²) in [4.78, 5) is 28.0. The molecule has 21 heavy (non-hydrogen) atoms. The second-order valence-corrected chi connectivity index (χ2v) is 7.56. The van der Waals surface area contributed by atoms with Crippen LogP contribution in [0.25, 0.3) is 0 Å². The van der Waals surface area contributed by atoms with Crippen molar-refractivity contribution >= 4 is 34.8 Å². The van der Waals surface area contributed by atoms with E-state index in [1.165, 1.54) is 11.3 Å². The lowest BCUT2D eigenvalue weighted by atomic mass is 9.99. The normalized spacial score (nSPS) is 27.7. The first kappa shape index (κ1) is 14.9. The lowest BCUT2D eigenvalue weighted by molar-refractivity contribution is -0.152. The zero-order chi connectivity index (χ0) is 15.1. The summed E-state index contributed by atoms with van der Waals surface area (Å²) in [6.45, 7) is 3.92. The van der Waals surface area contributed by atoms with E-state index in [1.54, 1.807) is 4.90 Å². The number of nitrogens with one attached hydrogen (secondary N) is 1. The standard InChI is InChI=1S/C15H19ClN2O2S/c1-3-10-14(19)17-13(9-4-5-9)15(20)18(10)8(2)11-6-7-12(16)21-11/h6-10,13H,3-5H2,1-2H3,(H,17,19). The Labute approximate surface area is 133 Å². The molecule has 3 unspecified atom stereocenters. The minimum absolute atomic E-state index is 0.0245. The molecule has 1 aliphatic carbocycles. The van der Waals surface area contributed by atoms with Gasteiger partial charge in [0.25, 0.3) is 0 Å². The second-order valence-electron chi connectivity index (χ2n) is 5.81. The number of hydrogen-bond acceptors (Lipinski definition) is 3. The molecule has 2 fully saturated rings. The molecule has 2 aliphatic rings. The highest BCUT2D eigenvalue weighted by Gasteiger charge is 2.47. The van der Waals surface area contributed by atoms with Crippen molar-refractivity contribution in [3.05, 3.63) is 21.3 Å². The topological polar surface area (TPSA) is 49.4 Å². The summed E-state index contributed by atoms with van der Waals surface area (Å²) in [6.07, 6.45) is 2.68. The number of hydrogen-bond donors (Lipinski definition) is 1. The van der Waals surface area contributed by atoms with Crippen LogP contribution in [0.15, 0.2) is 12.1 Å². The summed E-state index contributed by atoms with van der Waals surface area (Å²) in [7, 11) is 0. The predicted molar refractivity (Wildman–Crippen MR) is 83.3 cm³/mol. The lowest BCUT2D eigenvalue weighted by Gasteiger charge is -2.42. The van der Waals surface area contributed by atoms with Crippen LogP contribution in [0.2, 0.25) is 4.34 Å². The summed E-state index contributed by atoms with van der Waals surface area (Å²) >= 11 is 7.47. The number of halogens is 1. The zero-order valence-electron chi connectivity index (χ0n) is 12.1. The largest absolute Gasteiger partial charge is 0.342 e. The molecule has 3 atom stereocenters. The van der Waals surface area contributed by atoms with Crippen molar-refractivity contribution < 1.29 is 9.59 Å². The van der Waals surface area contributed by atoms with Gasteiger partial charge in [0.1, 0.15) is 12.1 Å². The van der Waals surface area contributed by atoms with Crippen LogP contribution in [0.3, 0.4) is 0 Å². The van der Waals surface area contributed by atoms with E-state index in [0.29, 0.717) is 16.7 Å². The van der Waals surface area contributed by atoms with Gasteiger partial charge in [-0.1, -0.05) is 18.5 Å². The SMILES string of the molecule is CCC1C(=O)NC(C2CC2)C(=O)N1C(C)c1ccc(Cl)s1. The van der Waals surface area contributed by atoms with E-state index in [-0.39, 0.29) is 29.9 Å². The molecule has 1 saturated carbocycles. The van der Waals surface area contributed by atoms with Crippen LogP contribution >= 0.6 is 22.9 Å². The van der Waals surface area contributed by atoms with E-state index < -0.39 is 0 Å². The highest BCUT2D eigenvalue weighted by Crippen LogP contribution is 2.38. The quantitative estimate of drug-likeness (QED) is 0.924. The Morgan fingerprint density at radius 2 is 2.14 bits per heavy atom. The Morgan fingerprint density at radius 1 is 1.43 bits per heavy atom. The van der Waals surface area contributed by atoms with Crippen LogP contribution < -0.4 is 5.32 Å². The smallest absolute Gasteiger partial charge is 0.246 e. The molecule has 0 bridgehead atoms. The predicted octanol–water partition coefficient (Wildman–Crippen LogP) is 2.98. The third-order valence-electron chi connectivity index (χ3n) is 4.36. The maximum atomic E-state index is 12.8. The molecule has 1 saturated heterocycles. The van der Waals surface area contributed by atoms with Gasteiger partial charge in [0.05, 0.1) is 10.4 Å². The number of rotatable bonds is 4. The minimum atomic E-state index is -0.386. The third-order valence-corrected chi connectivity index (χ3v) is 5.76. The average Bonchev–Trinajstić information content (AvgIpc) is 3.21. The van der Waals surface area contributed by atoms with Crippen molar-refractivity contribution in [3.63, 3.8) is 0 Å². The van der Waals surface area contributed by atoms with Crippen molar-refractivity contribution in [2.45, 2.75) is 51.2 Å². The molecular formula is C15H19ClN2O2S. The van der Waals surface area contributed by atoms with Crippen LogP contribution in [0.1, 0.15) is 44.0 Å². The highest BCUT2D eigenvalue weighted by atomic mass is 35.5. The van der Waals surface area contributed by atoms with Crippen LogP contribution in [-0.4, -0.2) is 28.8 Å². The molecular weight excluding hydrogens is 308 g/mol. The van der Waals surface area contributed by atoms with Gasteiger partial charge in [-0.05, 0) is 44.2 Å². The van der Waals surface area contributed by atoms with E-state index in [0.717, 1.165) is 17.7 Å². The first-order chi connectivity index (χ1) is 10.0. The van der Waals surface area contributed by atoms with Crippen molar-refractivity contribution in [1.29, 1.82) is 0 Å². The fraction of sp³-hybridized carbons (Fsp3) is 0.600. The van der Waals surface area contributed by atoms with Crippen molar-refractivity contribution in [1.82, 2.24) is 10.2 Å². The number of nitrogens with zero attached hydrogens (tertiary/aromatic N) is 1. The van der Waals surface area contributed by atoms with Crippen molar-refractivity contribution in [2.24, 2.45) is 5.92 Å². The van der Waals surface area contributed by atoms with E-state index in [9.17, 15) is 9.59 Å². The molecule has 1 N–H and O–H groups in total. The summed E-state index contributed by atoms with van der Waals surface area (Å²) in [5, 5.41) is 2.92. The molecule has 2 heterocycles. The van der Waals surface area contributed by atoms with Gasteiger partial charge in [0, 0.05) is 4.88 Å². The number of thiophene rings is 1. The van der Waals surface area contributed by atoms with Gasteiger partial charge in [-0.15, -0.1) is 11.3 Å². The molecule has 2 amide bonds. The third kappa shape index (κ3) is 2.69. The highest BCUT2D eigenvalue weighted by molar-refractivity contribution is 7.16. The molecule has 0 radical (unpaired) electrons. The molecule has 3 rings (SSSR count). The molecule has 6 heteroatoms. The van der Waals surface area contributed by atoms with Gasteiger partial charge >= 0.3 is 0 Å². The van der Waals surface area contributed by atoms with Crippen LogP contribution in [-0.2, 0) is 9.59 Å². The summed E-state index contributed by atoms with van der Waals surface area (Å²) < 4.78 is 0.706. The monoisotopic (exact) mass is 326 g/mol. The molecule has 0 aromatic carbocycles. The molecule has 1 aliphatic heterocycles. The molecule has 4 nitrogen and oxygen atoms in total. The second kappa shape index (κ2) is 5.61. The van der Waals surface area contributed by atoms with Gasteiger partial charge in [0.2, 0.25) is 11.8 Å². The van der Waals surface area contributed by atoms with Crippen molar-refractivity contribution in [2.75, 3.05) is 0 Å². The minimum Gasteiger partial charge on any atom is -0.342 e. The van der Waals surface area contributed by atoms with Gasteiger partial charge in [-0.3, -0.25) is 9.59 Å². The number of carbonyl (C=O) groups excluding carboxylic acids is 2. The van der Waals surface area contributed by atoms with Gasteiger partial charge < -0.3 is 10.2 Å². The fourth-order valence-electron chi connectivity index (χ4n) is 3.03. The Morgan fingerprint density at radius 3 is 2.67 bits per heavy atom. The lowest BCUT2D eigenvalue weighted by Crippen LogP contribution is -2.64. The van der Waals surface area contributed by atoms with E-state index in [2.05, 4.69) is 5.32 Å². The fourth-order valence-corrected chi connectivity index (χ4v) is 4.15. The average molecular weight is 327 g/mol. The summed E-state index contributed by atoms with van der Waals surface area (Å²) in [5.41, 5.74) is 0. The van der Waals surface area contributed by atoms with E-state index in [4.69, 9.17) is 11.6 Å². The molecule has 114 valence electrons. The van der Waals surface area contributed by atoms with Crippen LogP contribution in [0.4, 0.5) is 0 Å². The van der Waals surface area contributed by atoms with Gasteiger partial charge in [-0.2, -0.15) is 0 Å². The van der Waals surface area contributed by atoms with Crippen LogP contribution in [0, 0.1) is 5.92 Å². The Balaban J connectivity index is 1.90. The van der Waals surface area contributed by atoms with E-state index >= 15 is 0 Å². The number of carbonyl (C=O) groups is 2. The maximum Gasteiger partial charge on any atom is 0.246 e. The molecule has 0 spiro atoms. The Hall–Kier alpha value is -1.07. The Kier molecular flexibility index (Phi) is 3.97. The molecule has 1 aromatic rings. The zero-order valence-corrected chi connectivity index (χ0v) is 13.7.